The second-order valence-electron chi connectivity index (χ2n) is 6.31. The van der Waals surface area contributed by atoms with Crippen LogP contribution >= 0.6 is 0 Å². The average Bonchev–Trinajstić information content (AvgIpc) is 3.41. The Kier molecular flexibility index (Phi) is 4.94. The number of carbonyl (C=O) groups excluding carboxylic acids is 1. The monoisotopic (exact) mass is 323 g/mol. The minimum atomic E-state index is -1.00. The number of nitrogens with one attached hydrogen (secondary N) is 1. The normalized spacial score (nSPS) is 16.2. The first kappa shape index (κ1) is 16.2. The Morgan fingerprint density at radius 1 is 1.00 bits per heavy atom. The predicted molar refractivity (Wildman–Crippen MR) is 91.6 cm³/mol. The predicted octanol–water partition coefficient (Wildman–Crippen LogP) is 2.99. The number of rotatable bonds is 7. The van der Waals surface area contributed by atoms with E-state index in [2.05, 4.69) is 5.32 Å². The van der Waals surface area contributed by atoms with Crippen LogP contribution in [0.4, 0.5) is 0 Å². The zero-order valence-corrected chi connectivity index (χ0v) is 13.4. The van der Waals surface area contributed by atoms with Crippen molar-refractivity contribution in [3.8, 4) is 0 Å². The number of benzene rings is 2. The highest BCUT2D eigenvalue weighted by molar-refractivity contribution is 5.88. The molecule has 2 aromatic rings. The SMILES string of the molecule is O=C(O)C(Cc1ccccc1)NC(=O)C(c1ccccc1)C1CC1. The van der Waals surface area contributed by atoms with Crippen molar-refractivity contribution in [1.29, 1.82) is 0 Å². The van der Waals surface area contributed by atoms with Gasteiger partial charge in [0.1, 0.15) is 6.04 Å². The smallest absolute Gasteiger partial charge is 0.326 e. The van der Waals surface area contributed by atoms with Gasteiger partial charge in [-0.2, -0.15) is 0 Å². The maximum atomic E-state index is 12.8. The molecule has 2 N–H and O–H groups in total. The van der Waals surface area contributed by atoms with Crippen molar-refractivity contribution in [2.75, 3.05) is 0 Å². The second kappa shape index (κ2) is 7.30. The van der Waals surface area contributed by atoms with Crippen LogP contribution < -0.4 is 5.32 Å². The van der Waals surface area contributed by atoms with Crippen LogP contribution in [-0.2, 0) is 16.0 Å². The fraction of sp³-hybridized carbons (Fsp3) is 0.300. The van der Waals surface area contributed by atoms with Gasteiger partial charge in [0.05, 0.1) is 5.92 Å². The first-order valence-corrected chi connectivity index (χ1v) is 8.27. The molecule has 2 unspecified atom stereocenters. The molecule has 2 atom stereocenters. The van der Waals surface area contributed by atoms with Gasteiger partial charge in [0.2, 0.25) is 5.91 Å². The highest BCUT2D eigenvalue weighted by atomic mass is 16.4. The van der Waals surface area contributed by atoms with Gasteiger partial charge in [-0.15, -0.1) is 0 Å². The molecule has 4 nitrogen and oxygen atoms in total. The lowest BCUT2D eigenvalue weighted by Crippen LogP contribution is -2.44. The van der Waals surface area contributed by atoms with Crippen molar-refractivity contribution < 1.29 is 14.7 Å². The van der Waals surface area contributed by atoms with Gasteiger partial charge in [0.15, 0.2) is 0 Å². The third-order valence-electron chi connectivity index (χ3n) is 4.43. The molecular formula is C20H21NO3. The lowest BCUT2D eigenvalue weighted by molar-refractivity contribution is -0.142. The first-order valence-electron chi connectivity index (χ1n) is 8.27. The van der Waals surface area contributed by atoms with Crippen LogP contribution in [0.5, 0.6) is 0 Å². The van der Waals surface area contributed by atoms with E-state index in [-0.39, 0.29) is 18.2 Å². The third kappa shape index (κ3) is 4.02. The van der Waals surface area contributed by atoms with Crippen molar-refractivity contribution in [2.24, 2.45) is 5.92 Å². The number of carboxylic acids is 1. The van der Waals surface area contributed by atoms with Gasteiger partial charge in [-0.1, -0.05) is 60.7 Å². The summed E-state index contributed by atoms with van der Waals surface area (Å²) in [6.07, 6.45) is 2.32. The van der Waals surface area contributed by atoms with E-state index in [1.165, 1.54) is 0 Å². The van der Waals surface area contributed by atoms with Gasteiger partial charge in [-0.25, -0.2) is 4.79 Å². The van der Waals surface area contributed by atoms with E-state index in [0.29, 0.717) is 5.92 Å². The molecule has 1 aliphatic rings. The molecule has 2 aromatic carbocycles. The van der Waals surface area contributed by atoms with Gasteiger partial charge in [-0.05, 0) is 29.9 Å². The highest BCUT2D eigenvalue weighted by Crippen LogP contribution is 2.42. The number of hydrogen-bond acceptors (Lipinski definition) is 2. The Balaban J connectivity index is 1.73. The molecule has 124 valence electrons. The molecule has 0 bridgehead atoms. The minimum Gasteiger partial charge on any atom is -0.480 e. The number of aliphatic carboxylic acids is 1. The van der Waals surface area contributed by atoms with Crippen LogP contribution in [-0.4, -0.2) is 23.0 Å². The zero-order chi connectivity index (χ0) is 16.9. The Hall–Kier alpha value is -2.62. The summed E-state index contributed by atoms with van der Waals surface area (Å²) in [4.78, 5) is 24.3. The maximum Gasteiger partial charge on any atom is 0.326 e. The van der Waals surface area contributed by atoms with E-state index in [1.54, 1.807) is 0 Å². The molecule has 0 aliphatic heterocycles. The zero-order valence-electron chi connectivity index (χ0n) is 13.4. The van der Waals surface area contributed by atoms with Crippen LogP contribution in [0.2, 0.25) is 0 Å². The quantitative estimate of drug-likeness (QED) is 0.823. The largest absolute Gasteiger partial charge is 0.480 e. The molecule has 0 radical (unpaired) electrons. The van der Waals surface area contributed by atoms with Crippen LogP contribution in [0.15, 0.2) is 60.7 Å². The lowest BCUT2D eigenvalue weighted by atomic mass is 9.92. The molecule has 1 amide bonds. The maximum absolute atomic E-state index is 12.8. The van der Waals surface area contributed by atoms with Gasteiger partial charge in [-0.3, -0.25) is 4.79 Å². The molecule has 1 saturated carbocycles. The van der Waals surface area contributed by atoms with Crippen LogP contribution in [0, 0.1) is 5.92 Å². The van der Waals surface area contributed by atoms with E-state index in [4.69, 9.17) is 0 Å². The molecule has 1 aliphatic carbocycles. The Morgan fingerprint density at radius 3 is 2.12 bits per heavy atom. The van der Waals surface area contributed by atoms with Crippen LogP contribution in [0.1, 0.15) is 29.9 Å². The summed E-state index contributed by atoms with van der Waals surface area (Å²) in [5, 5.41) is 12.2. The van der Waals surface area contributed by atoms with Crippen molar-refractivity contribution >= 4 is 11.9 Å². The summed E-state index contributed by atoms with van der Waals surface area (Å²) in [6, 6.07) is 18.1. The number of amides is 1. The summed E-state index contributed by atoms with van der Waals surface area (Å²) in [7, 11) is 0. The van der Waals surface area contributed by atoms with Crippen molar-refractivity contribution in [1.82, 2.24) is 5.32 Å². The first-order chi connectivity index (χ1) is 11.6. The van der Waals surface area contributed by atoms with E-state index in [0.717, 1.165) is 24.0 Å². The minimum absolute atomic E-state index is 0.188. The molecular weight excluding hydrogens is 302 g/mol. The number of carboxylic acid groups (broad SMARTS) is 1. The molecule has 3 rings (SSSR count). The molecule has 0 spiro atoms. The summed E-state index contributed by atoms with van der Waals surface area (Å²) in [5.41, 5.74) is 1.86. The van der Waals surface area contributed by atoms with Crippen molar-refractivity contribution in [2.45, 2.75) is 31.2 Å². The third-order valence-corrected chi connectivity index (χ3v) is 4.43. The molecule has 4 heteroatoms. The Morgan fingerprint density at radius 2 is 1.58 bits per heavy atom. The summed E-state index contributed by atoms with van der Waals surface area (Å²) in [6.45, 7) is 0. The van der Waals surface area contributed by atoms with E-state index < -0.39 is 12.0 Å². The molecule has 0 heterocycles. The molecule has 24 heavy (non-hydrogen) atoms. The van der Waals surface area contributed by atoms with Gasteiger partial charge in [0, 0.05) is 6.42 Å². The topological polar surface area (TPSA) is 66.4 Å². The summed E-state index contributed by atoms with van der Waals surface area (Å²) < 4.78 is 0. The van der Waals surface area contributed by atoms with Gasteiger partial charge >= 0.3 is 5.97 Å². The Bertz CT molecular complexity index is 695. The van der Waals surface area contributed by atoms with Crippen molar-refractivity contribution in [3.05, 3.63) is 71.8 Å². The van der Waals surface area contributed by atoms with Crippen molar-refractivity contribution in [3.63, 3.8) is 0 Å². The fourth-order valence-corrected chi connectivity index (χ4v) is 3.04. The van der Waals surface area contributed by atoms with E-state index in [9.17, 15) is 14.7 Å². The van der Waals surface area contributed by atoms with Gasteiger partial charge < -0.3 is 10.4 Å². The summed E-state index contributed by atoms with van der Waals surface area (Å²) in [5.74, 6) is -1.13. The average molecular weight is 323 g/mol. The highest BCUT2D eigenvalue weighted by Gasteiger charge is 2.38. The fourth-order valence-electron chi connectivity index (χ4n) is 3.04. The molecule has 0 aromatic heterocycles. The Labute approximate surface area is 141 Å². The number of carbonyl (C=O) groups is 2. The second-order valence-corrected chi connectivity index (χ2v) is 6.31. The standard InChI is InChI=1S/C20H21NO3/c22-19(18(16-11-12-16)15-9-5-2-6-10-15)21-17(20(23)24)13-14-7-3-1-4-8-14/h1-10,16-18H,11-13H2,(H,21,22)(H,23,24). The molecule has 1 fully saturated rings. The lowest BCUT2D eigenvalue weighted by Gasteiger charge is -2.20. The summed E-state index contributed by atoms with van der Waals surface area (Å²) >= 11 is 0. The van der Waals surface area contributed by atoms with E-state index >= 15 is 0 Å². The number of hydrogen-bond donors (Lipinski definition) is 2. The van der Waals surface area contributed by atoms with Crippen LogP contribution in [0.25, 0.3) is 0 Å². The van der Waals surface area contributed by atoms with Gasteiger partial charge in [0.25, 0.3) is 0 Å². The molecule has 0 saturated heterocycles. The van der Waals surface area contributed by atoms with E-state index in [1.807, 2.05) is 60.7 Å². The van der Waals surface area contributed by atoms with Crippen LogP contribution in [0.3, 0.4) is 0 Å².